The topological polar surface area (TPSA) is 48.7 Å². The molecule has 2 aromatic rings. The van der Waals surface area contributed by atoms with Gasteiger partial charge in [-0.3, -0.25) is 4.98 Å². The fraction of sp³-hybridized carbons (Fsp3) is 0. The molecule has 0 unspecified atom stereocenters. The molecule has 2 rings (SSSR count). The van der Waals surface area contributed by atoms with Crippen LogP contribution in [0.2, 0.25) is 0 Å². The monoisotopic (exact) mass is 231 g/mol. The molecule has 1 aromatic carbocycles. The summed E-state index contributed by atoms with van der Waals surface area (Å²) in [7, 11) is 0. The van der Waals surface area contributed by atoms with Gasteiger partial charge >= 0.3 is 0 Å². The van der Waals surface area contributed by atoms with Crippen molar-refractivity contribution in [2.24, 2.45) is 0 Å². The number of nitriles is 1. The molecule has 0 amide bonds. The highest BCUT2D eigenvalue weighted by atomic mass is 19.1. The van der Waals surface area contributed by atoms with Gasteiger partial charge in [-0.15, -0.1) is 0 Å². The van der Waals surface area contributed by atoms with Crippen molar-refractivity contribution >= 4 is 11.4 Å². The minimum absolute atomic E-state index is 0.229. The molecule has 0 radical (unpaired) electrons. The molecular weight excluding hydrogens is 224 g/mol. The van der Waals surface area contributed by atoms with Crippen LogP contribution in [0, 0.1) is 23.0 Å². The number of pyridine rings is 1. The quantitative estimate of drug-likeness (QED) is 0.864. The lowest BCUT2D eigenvalue weighted by Gasteiger charge is -2.07. The lowest BCUT2D eigenvalue weighted by molar-refractivity contribution is 0.584. The summed E-state index contributed by atoms with van der Waals surface area (Å²) in [6, 6.07) is 6.52. The zero-order valence-corrected chi connectivity index (χ0v) is 8.61. The molecular formula is C12H7F2N3. The van der Waals surface area contributed by atoms with E-state index in [1.54, 1.807) is 0 Å². The second kappa shape index (κ2) is 4.58. The van der Waals surface area contributed by atoms with E-state index in [-0.39, 0.29) is 5.69 Å². The zero-order valence-electron chi connectivity index (χ0n) is 8.61. The Labute approximate surface area is 96.3 Å². The summed E-state index contributed by atoms with van der Waals surface area (Å²) >= 11 is 0. The second-order valence-electron chi connectivity index (χ2n) is 3.32. The predicted molar refractivity (Wildman–Crippen MR) is 58.6 cm³/mol. The van der Waals surface area contributed by atoms with Crippen molar-refractivity contribution in [3.05, 3.63) is 53.9 Å². The minimum atomic E-state index is -0.685. The summed E-state index contributed by atoms with van der Waals surface area (Å²) < 4.78 is 25.9. The van der Waals surface area contributed by atoms with Crippen molar-refractivity contribution in [1.29, 1.82) is 5.26 Å². The summed E-state index contributed by atoms with van der Waals surface area (Å²) in [5.74, 6) is -1.37. The fourth-order valence-electron chi connectivity index (χ4n) is 1.37. The molecule has 0 saturated carbocycles. The molecule has 5 heteroatoms. The van der Waals surface area contributed by atoms with Crippen LogP contribution >= 0.6 is 0 Å². The Kier molecular flexibility index (Phi) is 2.97. The molecule has 0 atom stereocenters. The highest BCUT2D eigenvalue weighted by Crippen LogP contribution is 2.20. The second-order valence-corrected chi connectivity index (χ2v) is 3.32. The Bertz CT molecular complexity index is 570. The van der Waals surface area contributed by atoms with Gasteiger partial charge in [-0.25, -0.2) is 8.78 Å². The van der Waals surface area contributed by atoms with Crippen LogP contribution in [-0.2, 0) is 0 Å². The largest absolute Gasteiger partial charge is 0.353 e. The van der Waals surface area contributed by atoms with E-state index in [4.69, 9.17) is 5.26 Å². The highest BCUT2D eigenvalue weighted by molar-refractivity contribution is 5.65. The average molecular weight is 231 g/mol. The molecule has 17 heavy (non-hydrogen) atoms. The van der Waals surface area contributed by atoms with Crippen LogP contribution in [0.3, 0.4) is 0 Å². The third kappa shape index (κ3) is 2.55. The van der Waals surface area contributed by atoms with Crippen LogP contribution in [0.15, 0.2) is 36.7 Å². The van der Waals surface area contributed by atoms with Crippen molar-refractivity contribution in [1.82, 2.24) is 4.98 Å². The van der Waals surface area contributed by atoms with E-state index in [0.717, 1.165) is 18.2 Å². The van der Waals surface area contributed by atoms with Crippen LogP contribution < -0.4 is 5.32 Å². The predicted octanol–water partition coefficient (Wildman–Crippen LogP) is 2.98. The van der Waals surface area contributed by atoms with E-state index < -0.39 is 11.6 Å². The van der Waals surface area contributed by atoms with Gasteiger partial charge in [0.25, 0.3) is 0 Å². The van der Waals surface area contributed by atoms with Gasteiger partial charge in [-0.2, -0.15) is 5.26 Å². The van der Waals surface area contributed by atoms with Gasteiger partial charge in [0.2, 0.25) is 0 Å². The number of aromatic nitrogens is 1. The average Bonchev–Trinajstić information content (AvgIpc) is 2.28. The standard InChI is InChI=1S/C12H7F2N3/c13-9-3-10(14)5-11(4-9)17-12-7-16-2-1-8(12)6-15/h1-5,7,17H. The molecule has 1 heterocycles. The molecule has 1 aromatic heterocycles. The van der Waals surface area contributed by atoms with Gasteiger partial charge in [0.05, 0.1) is 17.4 Å². The van der Waals surface area contributed by atoms with Crippen LogP contribution in [0.4, 0.5) is 20.2 Å². The van der Waals surface area contributed by atoms with E-state index >= 15 is 0 Å². The van der Waals surface area contributed by atoms with Gasteiger partial charge in [0.15, 0.2) is 0 Å². The fourth-order valence-corrected chi connectivity index (χ4v) is 1.37. The number of halogens is 2. The van der Waals surface area contributed by atoms with Gasteiger partial charge in [-0.05, 0) is 18.2 Å². The number of hydrogen-bond acceptors (Lipinski definition) is 3. The van der Waals surface area contributed by atoms with Crippen molar-refractivity contribution in [2.45, 2.75) is 0 Å². The number of nitrogens with one attached hydrogen (secondary N) is 1. The third-order valence-corrected chi connectivity index (χ3v) is 2.08. The maximum absolute atomic E-state index is 13.0. The Morgan fingerprint density at radius 3 is 2.53 bits per heavy atom. The number of benzene rings is 1. The van der Waals surface area contributed by atoms with Gasteiger partial charge in [-0.1, -0.05) is 0 Å². The number of anilines is 2. The lowest BCUT2D eigenvalue weighted by atomic mass is 10.2. The van der Waals surface area contributed by atoms with E-state index in [1.165, 1.54) is 18.5 Å². The summed E-state index contributed by atoms with van der Waals surface area (Å²) in [5, 5.41) is 11.6. The molecule has 84 valence electrons. The van der Waals surface area contributed by atoms with Crippen LogP contribution in [0.5, 0.6) is 0 Å². The van der Waals surface area contributed by atoms with Crippen LogP contribution in [0.25, 0.3) is 0 Å². The normalized spacial score (nSPS) is 9.71. The molecule has 0 spiro atoms. The summed E-state index contributed by atoms with van der Waals surface area (Å²) in [6.45, 7) is 0. The molecule has 0 fully saturated rings. The van der Waals surface area contributed by atoms with Crippen LogP contribution in [-0.4, -0.2) is 4.98 Å². The smallest absolute Gasteiger partial charge is 0.128 e. The van der Waals surface area contributed by atoms with Crippen molar-refractivity contribution in [3.8, 4) is 6.07 Å². The molecule has 3 nitrogen and oxygen atoms in total. The number of nitrogens with zero attached hydrogens (tertiary/aromatic N) is 2. The Balaban J connectivity index is 2.35. The number of rotatable bonds is 2. The first kappa shape index (κ1) is 11.0. The van der Waals surface area contributed by atoms with E-state index in [9.17, 15) is 8.78 Å². The summed E-state index contributed by atoms with van der Waals surface area (Å²) in [6.07, 6.45) is 2.89. The van der Waals surface area contributed by atoms with Crippen molar-refractivity contribution in [2.75, 3.05) is 5.32 Å². The van der Waals surface area contributed by atoms with Gasteiger partial charge in [0, 0.05) is 18.0 Å². The summed E-state index contributed by atoms with van der Waals surface area (Å²) in [5.41, 5.74) is 0.983. The molecule has 0 aliphatic heterocycles. The third-order valence-electron chi connectivity index (χ3n) is 2.08. The van der Waals surface area contributed by atoms with Crippen LogP contribution in [0.1, 0.15) is 5.56 Å². The minimum Gasteiger partial charge on any atom is -0.353 e. The molecule has 1 N–H and O–H groups in total. The molecule has 0 aliphatic rings. The Morgan fingerprint density at radius 1 is 1.18 bits per heavy atom. The SMILES string of the molecule is N#Cc1ccncc1Nc1cc(F)cc(F)c1. The summed E-state index contributed by atoms with van der Waals surface area (Å²) in [4.78, 5) is 3.83. The maximum atomic E-state index is 13.0. The first-order valence-corrected chi connectivity index (χ1v) is 4.76. The molecule has 0 bridgehead atoms. The maximum Gasteiger partial charge on any atom is 0.128 e. The zero-order chi connectivity index (χ0) is 12.3. The lowest BCUT2D eigenvalue weighted by Crippen LogP contribution is -1.95. The first-order valence-electron chi connectivity index (χ1n) is 4.76. The van der Waals surface area contributed by atoms with Crippen molar-refractivity contribution in [3.63, 3.8) is 0 Å². The van der Waals surface area contributed by atoms with E-state index in [2.05, 4.69) is 10.3 Å². The molecule has 0 aliphatic carbocycles. The van der Waals surface area contributed by atoms with E-state index in [0.29, 0.717) is 11.3 Å². The number of hydrogen-bond donors (Lipinski definition) is 1. The van der Waals surface area contributed by atoms with Gasteiger partial charge in [0.1, 0.15) is 17.7 Å². The van der Waals surface area contributed by atoms with Crippen molar-refractivity contribution < 1.29 is 8.78 Å². The Morgan fingerprint density at radius 2 is 1.88 bits per heavy atom. The molecule has 0 saturated heterocycles. The van der Waals surface area contributed by atoms with Gasteiger partial charge < -0.3 is 5.32 Å². The first-order chi connectivity index (χ1) is 8.19. The highest BCUT2D eigenvalue weighted by Gasteiger charge is 2.04. The Hall–Kier alpha value is -2.48. The van der Waals surface area contributed by atoms with E-state index in [1.807, 2.05) is 6.07 Å².